The highest BCUT2D eigenvalue weighted by atomic mass is 16.4. The third kappa shape index (κ3) is 11.8. The SMILES string of the molecule is CC(C)CC(NC(=O)C(NC(=O)C(N)CC(=O)O)C(C)O)C(=O)NC(CCC(N)=O)C(=O)O. The number of aliphatic hydroxyl groups is 1. The van der Waals surface area contributed by atoms with Crippen LogP contribution in [0.3, 0.4) is 0 Å². The lowest BCUT2D eigenvalue weighted by Crippen LogP contribution is -2.60. The van der Waals surface area contributed by atoms with Gasteiger partial charge in [-0.1, -0.05) is 13.8 Å². The number of carbonyl (C=O) groups is 6. The predicted octanol–water partition coefficient (Wildman–Crippen LogP) is -2.98. The number of amides is 4. The van der Waals surface area contributed by atoms with E-state index in [9.17, 15) is 39.0 Å². The van der Waals surface area contributed by atoms with E-state index >= 15 is 0 Å². The summed E-state index contributed by atoms with van der Waals surface area (Å²) < 4.78 is 0. The predicted molar refractivity (Wildman–Crippen MR) is 113 cm³/mol. The Hall–Kier alpha value is -3.26. The quantitative estimate of drug-likeness (QED) is 0.119. The molecule has 0 saturated carbocycles. The molecular weight excluding hydrogens is 442 g/mol. The molecule has 0 aliphatic carbocycles. The van der Waals surface area contributed by atoms with E-state index in [1.807, 2.05) is 0 Å². The van der Waals surface area contributed by atoms with Crippen molar-refractivity contribution in [3.8, 4) is 0 Å². The smallest absolute Gasteiger partial charge is 0.326 e. The minimum Gasteiger partial charge on any atom is -0.481 e. The van der Waals surface area contributed by atoms with E-state index in [-0.39, 0.29) is 25.2 Å². The number of hydrogen-bond acceptors (Lipinski definition) is 8. The molecule has 0 bridgehead atoms. The molecule has 14 heteroatoms. The molecule has 5 unspecified atom stereocenters. The van der Waals surface area contributed by atoms with Gasteiger partial charge in [0.2, 0.25) is 23.6 Å². The van der Waals surface area contributed by atoms with Crippen LogP contribution in [0.4, 0.5) is 0 Å². The van der Waals surface area contributed by atoms with Gasteiger partial charge in [-0.05, 0) is 25.7 Å². The fraction of sp³-hybridized carbons (Fsp3) is 0.684. The van der Waals surface area contributed by atoms with Crippen LogP contribution in [0.2, 0.25) is 0 Å². The van der Waals surface area contributed by atoms with Crippen molar-refractivity contribution in [3.05, 3.63) is 0 Å². The van der Waals surface area contributed by atoms with Crippen molar-refractivity contribution in [1.29, 1.82) is 0 Å². The molecular formula is C19H33N5O9. The maximum absolute atomic E-state index is 12.7. The molecule has 4 amide bonds. The Morgan fingerprint density at radius 1 is 0.848 bits per heavy atom. The second kappa shape index (κ2) is 14.0. The molecule has 10 N–H and O–H groups in total. The molecule has 0 rings (SSSR count). The third-order valence-electron chi connectivity index (χ3n) is 4.43. The van der Waals surface area contributed by atoms with Crippen molar-refractivity contribution in [2.45, 2.75) is 76.7 Å². The highest BCUT2D eigenvalue weighted by molar-refractivity contribution is 5.95. The number of aliphatic hydroxyl groups excluding tert-OH is 1. The van der Waals surface area contributed by atoms with Crippen molar-refractivity contribution in [2.24, 2.45) is 17.4 Å². The van der Waals surface area contributed by atoms with Crippen molar-refractivity contribution in [2.75, 3.05) is 0 Å². The zero-order valence-electron chi connectivity index (χ0n) is 18.7. The van der Waals surface area contributed by atoms with E-state index in [0.717, 1.165) is 0 Å². The van der Waals surface area contributed by atoms with E-state index in [2.05, 4.69) is 16.0 Å². The van der Waals surface area contributed by atoms with Crippen LogP contribution in [0, 0.1) is 5.92 Å². The number of carboxylic acid groups (broad SMARTS) is 2. The first-order valence-electron chi connectivity index (χ1n) is 10.2. The minimum absolute atomic E-state index is 0.0821. The van der Waals surface area contributed by atoms with Crippen molar-refractivity contribution in [3.63, 3.8) is 0 Å². The van der Waals surface area contributed by atoms with E-state index in [4.69, 9.17) is 16.6 Å². The van der Waals surface area contributed by atoms with Crippen molar-refractivity contribution in [1.82, 2.24) is 16.0 Å². The van der Waals surface area contributed by atoms with Crippen molar-refractivity contribution >= 4 is 35.6 Å². The zero-order chi connectivity index (χ0) is 25.9. The normalized spacial score (nSPS) is 15.5. The van der Waals surface area contributed by atoms with E-state index in [1.165, 1.54) is 6.92 Å². The Morgan fingerprint density at radius 3 is 1.82 bits per heavy atom. The van der Waals surface area contributed by atoms with Crippen LogP contribution in [0.5, 0.6) is 0 Å². The number of hydrogen-bond donors (Lipinski definition) is 8. The Balaban J connectivity index is 5.45. The number of aliphatic carboxylic acids is 2. The highest BCUT2D eigenvalue weighted by Gasteiger charge is 2.33. The Morgan fingerprint density at radius 2 is 1.39 bits per heavy atom. The molecule has 188 valence electrons. The maximum atomic E-state index is 12.7. The van der Waals surface area contributed by atoms with Crippen LogP contribution >= 0.6 is 0 Å². The van der Waals surface area contributed by atoms with Crippen LogP contribution in [-0.4, -0.2) is 81.2 Å². The van der Waals surface area contributed by atoms with Crippen LogP contribution in [-0.2, 0) is 28.8 Å². The standard InChI is InChI=1S/C19H33N5O9/c1-8(2)6-12(17(30)22-11(19(32)33)4-5-13(21)26)23-18(31)15(9(3)25)24-16(29)10(20)7-14(27)28/h8-12,15,25H,4-7,20H2,1-3H3,(H2,21,26)(H,22,30)(H,23,31)(H,24,29)(H,27,28)(H,32,33). The van der Waals surface area contributed by atoms with Gasteiger partial charge in [-0.15, -0.1) is 0 Å². The van der Waals surface area contributed by atoms with Gasteiger partial charge in [0.25, 0.3) is 0 Å². The summed E-state index contributed by atoms with van der Waals surface area (Å²) in [6.45, 7) is 4.68. The molecule has 0 aromatic carbocycles. The van der Waals surface area contributed by atoms with E-state index in [0.29, 0.717) is 0 Å². The largest absolute Gasteiger partial charge is 0.481 e. The van der Waals surface area contributed by atoms with Gasteiger partial charge in [0.05, 0.1) is 18.6 Å². The number of nitrogens with one attached hydrogen (secondary N) is 3. The molecule has 0 fully saturated rings. The lowest BCUT2D eigenvalue weighted by molar-refractivity contribution is -0.142. The summed E-state index contributed by atoms with van der Waals surface area (Å²) >= 11 is 0. The van der Waals surface area contributed by atoms with Crippen LogP contribution < -0.4 is 27.4 Å². The van der Waals surface area contributed by atoms with Gasteiger partial charge in [0.15, 0.2) is 0 Å². The summed E-state index contributed by atoms with van der Waals surface area (Å²) in [6.07, 6.45) is -2.60. The van der Waals surface area contributed by atoms with Gasteiger partial charge in [0, 0.05) is 6.42 Å². The fourth-order valence-corrected chi connectivity index (χ4v) is 2.73. The molecule has 0 aromatic heterocycles. The van der Waals surface area contributed by atoms with Gasteiger partial charge in [0.1, 0.15) is 18.1 Å². The first-order chi connectivity index (χ1) is 15.1. The summed E-state index contributed by atoms with van der Waals surface area (Å²) in [5, 5.41) is 34.6. The summed E-state index contributed by atoms with van der Waals surface area (Å²) in [4.78, 5) is 70.5. The Labute approximate surface area is 190 Å². The monoisotopic (exact) mass is 475 g/mol. The van der Waals surface area contributed by atoms with Gasteiger partial charge in [-0.2, -0.15) is 0 Å². The second-order valence-corrected chi connectivity index (χ2v) is 8.03. The topological polar surface area (TPSA) is 251 Å². The molecule has 0 aliphatic heterocycles. The Bertz CT molecular complexity index is 741. The number of carboxylic acids is 2. The van der Waals surface area contributed by atoms with Crippen LogP contribution in [0.15, 0.2) is 0 Å². The molecule has 33 heavy (non-hydrogen) atoms. The number of nitrogens with two attached hydrogens (primary N) is 2. The first kappa shape index (κ1) is 29.7. The van der Waals surface area contributed by atoms with Crippen molar-refractivity contribution < 1.29 is 44.1 Å². The van der Waals surface area contributed by atoms with E-state index in [1.54, 1.807) is 13.8 Å². The van der Waals surface area contributed by atoms with Gasteiger partial charge in [-0.3, -0.25) is 24.0 Å². The molecule has 14 nitrogen and oxygen atoms in total. The molecule has 0 aromatic rings. The summed E-state index contributed by atoms with van der Waals surface area (Å²) in [5.41, 5.74) is 10.5. The van der Waals surface area contributed by atoms with Crippen LogP contribution in [0.25, 0.3) is 0 Å². The van der Waals surface area contributed by atoms with Gasteiger partial charge >= 0.3 is 11.9 Å². The average Bonchev–Trinajstić information content (AvgIpc) is 2.66. The molecule has 0 radical (unpaired) electrons. The summed E-state index contributed by atoms with van der Waals surface area (Å²) in [5.74, 6) is -6.44. The molecule has 0 spiro atoms. The minimum atomic E-state index is -1.56. The maximum Gasteiger partial charge on any atom is 0.326 e. The lowest BCUT2D eigenvalue weighted by atomic mass is 10.0. The molecule has 0 saturated heterocycles. The summed E-state index contributed by atoms with van der Waals surface area (Å²) in [6, 6.07) is -5.71. The Kier molecular flexibility index (Phi) is 12.6. The fourth-order valence-electron chi connectivity index (χ4n) is 2.73. The zero-order valence-corrected chi connectivity index (χ0v) is 18.7. The van der Waals surface area contributed by atoms with Crippen LogP contribution in [0.1, 0.15) is 46.5 Å². The lowest BCUT2D eigenvalue weighted by Gasteiger charge is -2.27. The third-order valence-corrected chi connectivity index (χ3v) is 4.43. The highest BCUT2D eigenvalue weighted by Crippen LogP contribution is 2.08. The van der Waals surface area contributed by atoms with Gasteiger partial charge in [-0.25, -0.2) is 4.79 Å². The molecule has 0 aliphatic rings. The first-order valence-corrected chi connectivity index (χ1v) is 10.2. The molecule has 0 heterocycles. The number of carbonyl (C=O) groups excluding carboxylic acids is 4. The second-order valence-electron chi connectivity index (χ2n) is 8.03. The average molecular weight is 475 g/mol. The summed E-state index contributed by atoms with van der Waals surface area (Å²) in [7, 11) is 0. The molecule has 5 atom stereocenters. The van der Waals surface area contributed by atoms with Gasteiger partial charge < -0.3 is 42.7 Å². The number of rotatable bonds is 15. The number of primary amides is 1. The van der Waals surface area contributed by atoms with E-state index < -0.39 is 72.3 Å².